The van der Waals surface area contributed by atoms with E-state index in [4.69, 9.17) is 0 Å². The van der Waals surface area contributed by atoms with Gasteiger partial charge >= 0.3 is 6.03 Å². The lowest BCUT2D eigenvalue weighted by atomic mass is 9.82. The van der Waals surface area contributed by atoms with Gasteiger partial charge in [-0.2, -0.15) is 0 Å². The molecule has 0 bridgehead atoms. The van der Waals surface area contributed by atoms with Gasteiger partial charge < -0.3 is 5.32 Å². The molecule has 1 aliphatic heterocycles. The van der Waals surface area contributed by atoms with Crippen LogP contribution in [0.25, 0.3) is 0 Å². The average Bonchev–Trinajstić information content (AvgIpc) is 2.94. The highest BCUT2D eigenvalue weighted by Gasteiger charge is 2.51. The molecule has 2 fully saturated rings. The van der Waals surface area contributed by atoms with E-state index in [1.807, 2.05) is 36.4 Å². The monoisotopic (exact) mass is 377 g/mol. The second-order valence-electron chi connectivity index (χ2n) is 7.91. The van der Waals surface area contributed by atoms with Crippen LogP contribution < -0.4 is 5.32 Å². The van der Waals surface area contributed by atoms with E-state index in [2.05, 4.69) is 34.5 Å². The fourth-order valence-corrected chi connectivity index (χ4v) is 4.34. The van der Waals surface area contributed by atoms with Crippen LogP contribution in [0.5, 0.6) is 0 Å². The van der Waals surface area contributed by atoms with Crippen LogP contribution in [-0.2, 0) is 17.9 Å². The van der Waals surface area contributed by atoms with Crippen molar-refractivity contribution in [3.63, 3.8) is 0 Å². The largest absolute Gasteiger partial charge is 0.326 e. The Hall–Kier alpha value is -2.66. The number of rotatable bonds is 6. The minimum Gasteiger partial charge on any atom is -0.323 e. The van der Waals surface area contributed by atoms with E-state index in [-0.39, 0.29) is 11.9 Å². The summed E-state index contributed by atoms with van der Waals surface area (Å²) in [4.78, 5) is 29.4. The summed E-state index contributed by atoms with van der Waals surface area (Å²) in [6.45, 7) is 1.66. The molecule has 5 heteroatoms. The molecule has 2 aromatic carbocycles. The first kappa shape index (κ1) is 18.7. The molecule has 4 rings (SSSR count). The Morgan fingerprint density at radius 3 is 1.89 bits per heavy atom. The van der Waals surface area contributed by atoms with E-state index in [9.17, 15) is 9.59 Å². The molecule has 0 radical (unpaired) electrons. The van der Waals surface area contributed by atoms with Crippen LogP contribution in [0.3, 0.4) is 0 Å². The van der Waals surface area contributed by atoms with Crippen molar-refractivity contribution in [1.82, 2.24) is 15.1 Å². The lowest BCUT2D eigenvalue weighted by Crippen LogP contribution is -2.49. The zero-order valence-electron chi connectivity index (χ0n) is 16.1. The molecular weight excluding hydrogens is 350 g/mol. The van der Waals surface area contributed by atoms with Crippen LogP contribution in [-0.4, -0.2) is 33.9 Å². The molecule has 28 heavy (non-hydrogen) atoms. The van der Waals surface area contributed by atoms with Crippen LogP contribution in [0, 0.1) is 0 Å². The van der Waals surface area contributed by atoms with Crippen molar-refractivity contribution < 1.29 is 9.59 Å². The number of carbonyl (C=O) groups is 2. The first-order valence-electron chi connectivity index (χ1n) is 10.1. The average molecular weight is 377 g/mol. The fraction of sp³-hybridized carbons (Fsp3) is 0.391. The molecule has 0 atom stereocenters. The molecule has 0 aromatic heterocycles. The smallest absolute Gasteiger partial charge is 0.323 e. The number of carbonyl (C=O) groups excluding carboxylic acids is 2. The third-order valence-corrected chi connectivity index (χ3v) is 5.79. The van der Waals surface area contributed by atoms with Crippen LogP contribution in [0.4, 0.5) is 4.79 Å². The molecular formula is C23H27N3O2. The summed E-state index contributed by atoms with van der Waals surface area (Å²) in [5, 5.41) is 3.01. The van der Waals surface area contributed by atoms with Gasteiger partial charge in [-0.25, -0.2) is 9.69 Å². The number of amides is 3. The zero-order valence-corrected chi connectivity index (χ0v) is 16.1. The van der Waals surface area contributed by atoms with Gasteiger partial charge in [0.05, 0.1) is 6.67 Å². The SMILES string of the molecule is O=C1NC2(CCCCC2)C(=O)N1CN(Cc1ccccc1)Cc1ccccc1. The van der Waals surface area contributed by atoms with Crippen molar-refractivity contribution in [3.05, 3.63) is 71.8 Å². The van der Waals surface area contributed by atoms with Gasteiger partial charge in [0.2, 0.25) is 0 Å². The van der Waals surface area contributed by atoms with Gasteiger partial charge in [0.15, 0.2) is 0 Å². The molecule has 1 aliphatic carbocycles. The second kappa shape index (κ2) is 8.15. The maximum absolute atomic E-state index is 13.1. The third-order valence-electron chi connectivity index (χ3n) is 5.79. The highest BCUT2D eigenvalue weighted by molar-refractivity contribution is 6.07. The summed E-state index contributed by atoms with van der Waals surface area (Å²) in [5.74, 6) is -0.0525. The molecule has 0 unspecified atom stereocenters. The lowest BCUT2D eigenvalue weighted by Gasteiger charge is -2.31. The number of benzene rings is 2. The molecule has 1 N–H and O–H groups in total. The summed E-state index contributed by atoms with van der Waals surface area (Å²) in [6, 6.07) is 20.1. The number of urea groups is 1. The number of imide groups is 1. The maximum atomic E-state index is 13.1. The standard InChI is InChI=1S/C23H27N3O2/c27-21-23(14-8-3-9-15-23)24-22(28)26(21)18-25(16-19-10-4-1-5-11-19)17-20-12-6-2-7-13-20/h1-2,4-7,10-13H,3,8-9,14-18H2,(H,24,28). The summed E-state index contributed by atoms with van der Waals surface area (Å²) in [7, 11) is 0. The Balaban J connectivity index is 1.52. The minimum atomic E-state index is -0.666. The Bertz CT molecular complexity index is 775. The fourth-order valence-electron chi connectivity index (χ4n) is 4.34. The summed E-state index contributed by atoms with van der Waals surface area (Å²) in [5.41, 5.74) is 1.66. The van der Waals surface area contributed by atoms with Crippen molar-refractivity contribution in [2.45, 2.75) is 50.7 Å². The predicted octanol–water partition coefficient (Wildman–Crippen LogP) is 3.90. The molecule has 1 heterocycles. The van der Waals surface area contributed by atoms with E-state index >= 15 is 0 Å². The van der Waals surface area contributed by atoms with Crippen molar-refractivity contribution in [2.24, 2.45) is 0 Å². The Labute approximate surface area is 166 Å². The van der Waals surface area contributed by atoms with Gasteiger partial charge in [-0.15, -0.1) is 0 Å². The quantitative estimate of drug-likeness (QED) is 0.777. The predicted molar refractivity (Wildman–Crippen MR) is 108 cm³/mol. The first-order chi connectivity index (χ1) is 13.7. The van der Waals surface area contributed by atoms with Gasteiger partial charge in [0.1, 0.15) is 5.54 Å². The number of nitrogens with zero attached hydrogens (tertiary/aromatic N) is 2. The van der Waals surface area contributed by atoms with Gasteiger partial charge in [-0.05, 0) is 24.0 Å². The number of nitrogens with one attached hydrogen (secondary N) is 1. The molecule has 3 amide bonds. The Kier molecular flexibility index (Phi) is 5.44. The normalized spacial score (nSPS) is 18.7. The Morgan fingerprint density at radius 1 is 0.821 bits per heavy atom. The van der Waals surface area contributed by atoms with E-state index in [1.54, 1.807) is 0 Å². The maximum Gasteiger partial charge on any atom is 0.326 e. The topological polar surface area (TPSA) is 52.7 Å². The van der Waals surface area contributed by atoms with Gasteiger partial charge in [-0.3, -0.25) is 9.69 Å². The van der Waals surface area contributed by atoms with Crippen LogP contribution in [0.2, 0.25) is 0 Å². The van der Waals surface area contributed by atoms with Crippen LogP contribution in [0.15, 0.2) is 60.7 Å². The van der Waals surface area contributed by atoms with Crippen LogP contribution >= 0.6 is 0 Å². The van der Waals surface area contributed by atoms with E-state index in [0.29, 0.717) is 19.8 Å². The highest BCUT2D eigenvalue weighted by atomic mass is 16.2. The molecule has 1 saturated carbocycles. The summed E-state index contributed by atoms with van der Waals surface area (Å²) < 4.78 is 0. The van der Waals surface area contributed by atoms with Crippen LogP contribution in [0.1, 0.15) is 43.2 Å². The molecule has 146 valence electrons. The molecule has 1 spiro atoms. The lowest BCUT2D eigenvalue weighted by molar-refractivity contribution is -0.134. The molecule has 2 aliphatic rings. The zero-order chi connectivity index (χ0) is 19.4. The van der Waals surface area contributed by atoms with Gasteiger partial charge in [0.25, 0.3) is 5.91 Å². The van der Waals surface area contributed by atoms with Crippen molar-refractivity contribution in [1.29, 1.82) is 0 Å². The summed E-state index contributed by atoms with van der Waals surface area (Å²) in [6.07, 6.45) is 4.64. The van der Waals surface area contributed by atoms with E-state index < -0.39 is 5.54 Å². The number of hydrogen-bond donors (Lipinski definition) is 1. The molecule has 5 nitrogen and oxygen atoms in total. The first-order valence-corrected chi connectivity index (χ1v) is 10.1. The van der Waals surface area contributed by atoms with Gasteiger partial charge in [-0.1, -0.05) is 79.9 Å². The number of hydrogen-bond acceptors (Lipinski definition) is 3. The van der Waals surface area contributed by atoms with Gasteiger partial charge in [0, 0.05) is 13.1 Å². The minimum absolute atomic E-state index is 0.0525. The highest BCUT2D eigenvalue weighted by Crippen LogP contribution is 2.33. The molecule has 2 aromatic rings. The van der Waals surface area contributed by atoms with Crippen molar-refractivity contribution in [3.8, 4) is 0 Å². The summed E-state index contributed by atoms with van der Waals surface area (Å²) >= 11 is 0. The third kappa shape index (κ3) is 3.94. The van der Waals surface area contributed by atoms with E-state index in [0.717, 1.165) is 43.2 Å². The van der Waals surface area contributed by atoms with Crippen molar-refractivity contribution >= 4 is 11.9 Å². The van der Waals surface area contributed by atoms with Crippen molar-refractivity contribution in [2.75, 3.05) is 6.67 Å². The Morgan fingerprint density at radius 2 is 1.36 bits per heavy atom. The van der Waals surface area contributed by atoms with E-state index in [1.165, 1.54) is 4.90 Å². The second-order valence-corrected chi connectivity index (χ2v) is 7.91. The molecule has 1 saturated heterocycles.